The summed E-state index contributed by atoms with van der Waals surface area (Å²) in [5.74, 6) is -2.10. The summed E-state index contributed by atoms with van der Waals surface area (Å²) < 4.78 is 51.8. The monoisotopic (exact) mass is 657 g/mol. The summed E-state index contributed by atoms with van der Waals surface area (Å²) in [4.78, 5) is 34.0. The van der Waals surface area contributed by atoms with Crippen LogP contribution in [0.15, 0.2) is 63.9 Å². The molecule has 4 heterocycles. The number of likely N-dealkylation sites (N-methyl/N-ethyl adjacent to an activating group) is 1. The van der Waals surface area contributed by atoms with Crippen LogP contribution < -0.4 is 10.3 Å². The number of aromatic nitrogens is 1. The molecule has 2 aliphatic heterocycles. The zero-order valence-electron chi connectivity index (χ0n) is 24.8. The fraction of sp³-hybridized carbons (Fsp3) is 0.364. The molecule has 2 aromatic heterocycles. The van der Waals surface area contributed by atoms with Gasteiger partial charge in [-0.05, 0) is 57.1 Å². The van der Waals surface area contributed by atoms with Gasteiger partial charge in [-0.2, -0.15) is 13.2 Å². The fourth-order valence-corrected chi connectivity index (χ4v) is 6.61. The van der Waals surface area contributed by atoms with Crippen LogP contribution in [0.25, 0.3) is 22.3 Å². The van der Waals surface area contributed by atoms with E-state index in [2.05, 4.69) is 4.98 Å². The number of phenols is 2. The van der Waals surface area contributed by atoms with Gasteiger partial charge < -0.3 is 29.2 Å². The molecule has 9 nitrogen and oxygen atoms in total. The first-order chi connectivity index (χ1) is 21.9. The van der Waals surface area contributed by atoms with Gasteiger partial charge in [-0.3, -0.25) is 14.6 Å². The first-order valence-electron chi connectivity index (χ1n) is 14.9. The number of piperidine rings is 2. The molecule has 4 aromatic rings. The summed E-state index contributed by atoms with van der Waals surface area (Å²) >= 11 is 6.38. The number of fused-ring (bicyclic) bond motifs is 1. The third-order valence-electron chi connectivity index (χ3n) is 8.77. The van der Waals surface area contributed by atoms with Gasteiger partial charge in [0, 0.05) is 60.7 Å². The van der Waals surface area contributed by atoms with Gasteiger partial charge in [0.25, 0.3) is 0 Å². The predicted molar refractivity (Wildman–Crippen MR) is 165 cm³/mol. The minimum absolute atomic E-state index is 0.0144. The van der Waals surface area contributed by atoms with Gasteiger partial charge >= 0.3 is 12.1 Å². The van der Waals surface area contributed by atoms with Gasteiger partial charge in [-0.25, -0.2) is 0 Å². The lowest BCUT2D eigenvalue weighted by atomic mass is 9.85. The molecule has 0 unspecified atom stereocenters. The largest absolute Gasteiger partial charge is 0.507 e. The number of anilines is 1. The van der Waals surface area contributed by atoms with Crippen LogP contribution in [0, 0.1) is 5.92 Å². The molecule has 0 radical (unpaired) electrons. The maximum absolute atomic E-state index is 13.5. The Hall–Kier alpha value is -4.29. The molecule has 0 bridgehead atoms. The quantitative estimate of drug-likeness (QED) is 0.243. The average Bonchev–Trinajstić information content (AvgIpc) is 3.01. The van der Waals surface area contributed by atoms with Crippen LogP contribution in [0.2, 0.25) is 5.02 Å². The van der Waals surface area contributed by atoms with E-state index in [-0.39, 0.29) is 28.0 Å². The standard InChI is InChI=1S/C33H31ClF3N3O6/c1-39-11-9-21(29-23(41)15-24(42)30-25(43)16-26(45-31(29)30)20-4-2-3-5-22(20)34)27(17-39)46-32(44)18-7-12-40(13-8-18)19-6-10-38-28(14-19)33(35,36)37/h2-6,10,14-16,18,21,27,41-42H,7-9,11-13,17H2,1H3/t21-,27+/m0/s1. The number of ether oxygens (including phenoxy) is 1. The number of rotatable bonds is 5. The number of nitrogens with zero attached hydrogens (tertiary/aromatic N) is 3. The second-order valence-corrected chi connectivity index (χ2v) is 12.2. The molecule has 0 amide bonds. The number of benzene rings is 2. The Kier molecular flexibility index (Phi) is 8.60. The minimum atomic E-state index is -4.56. The summed E-state index contributed by atoms with van der Waals surface area (Å²) in [5.41, 5.74) is -0.429. The van der Waals surface area contributed by atoms with E-state index in [4.69, 9.17) is 20.8 Å². The van der Waals surface area contributed by atoms with Crippen molar-refractivity contribution in [3.05, 3.63) is 81.2 Å². The summed E-state index contributed by atoms with van der Waals surface area (Å²) in [6, 6.07) is 11.7. The van der Waals surface area contributed by atoms with Crippen molar-refractivity contribution in [2.75, 3.05) is 38.1 Å². The molecular weight excluding hydrogens is 627 g/mol. The highest BCUT2D eigenvalue weighted by atomic mass is 35.5. The van der Waals surface area contributed by atoms with E-state index in [0.717, 1.165) is 18.3 Å². The molecule has 2 saturated heterocycles. The number of phenolic OH excluding ortho intramolecular Hbond substituents is 2. The van der Waals surface area contributed by atoms with Crippen molar-refractivity contribution in [1.82, 2.24) is 9.88 Å². The summed E-state index contributed by atoms with van der Waals surface area (Å²) in [5, 5.41) is 22.0. The van der Waals surface area contributed by atoms with E-state index in [0.29, 0.717) is 61.7 Å². The van der Waals surface area contributed by atoms with E-state index in [1.165, 1.54) is 12.1 Å². The molecule has 2 N–H and O–H groups in total. The van der Waals surface area contributed by atoms with Gasteiger partial charge in [0.05, 0.1) is 10.9 Å². The van der Waals surface area contributed by atoms with Crippen LogP contribution in [0.3, 0.4) is 0 Å². The maximum atomic E-state index is 13.5. The second kappa shape index (κ2) is 12.5. The maximum Gasteiger partial charge on any atom is 0.433 e. The van der Waals surface area contributed by atoms with Crippen molar-refractivity contribution in [3.63, 3.8) is 0 Å². The number of pyridine rings is 1. The van der Waals surface area contributed by atoms with E-state index in [9.17, 15) is 33.0 Å². The fourth-order valence-electron chi connectivity index (χ4n) is 6.38. The Bertz CT molecular complexity index is 1840. The smallest absolute Gasteiger partial charge is 0.433 e. The molecule has 13 heteroatoms. The SMILES string of the molecule is CN1CC[C@H](c2c(O)cc(O)c3c(=O)cc(-c4ccccc4Cl)oc23)[C@H](OC(=O)C2CCN(c3ccnc(C(F)(F)F)c3)CC2)C1. The van der Waals surface area contributed by atoms with Crippen molar-refractivity contribution in [2.24, 2.45) is 5.92 Å². The van der Waals surface area contributed by atoms with Crippen molar-refractivity contribution in [3.8, 4) is 22.8 Å². The van der Waals surface area contributed by atoms with Crippen LogP contribution in [0.5, 0.6) is 11.5 Å². The van der Waals surface area contributed by atoms with Gasteiger partial charge in [0.1, 0.15) is 40.0 Å². The Morgan fingerprint density at radius 3 is 2.50 bits per heavy atom. The normalized spacial score (nSPS) is 19.8. The number of halogens is 4. The van der Waals surface area contributed by atoms with E-state index < -0.39 is 47.0 Å². The summed E-state index contributed by atoms with van der Waals surface area (Å²) in [7, 11) is 1.88. The zero-order chi connectivity index (χ0) is 32.7. The summed E-state index contributed by atoms with van der Waals surface area (Å²) in [6.45, 7) is 1.64. The Morgan fingerprint density at radius 2 is 1.78 bits per heavy atom. The highest BCUT2D eigenvalue weighted by molar-refractivity contribution is 6.33. The van der Waals surface area contributed by atoms with Crippen LogP contribution in [-0.2, 0) is 15.7 Å². The number of hydrogen-bond donors (Lipinski definition) is 2. The number of aromatic hydroxyl groups is 2. The van der Waals surface area contributed by atoms with Gasteiger partial charge in [-0.15, -0.1) is 0 Å². The number of likely N-dealkylation sites (tertiary alicyclic amines) is 1. The van der Waals surface area contributed by atoms with Gasteiger partial charge in [0.15, 0.2) is 5.43 Å². The molecule has 0 saturated carbocycles. The predicted octanol–water partition coefficient (Wildman–Crippen LogP) is 6.19. The average molecular weight is 658 g/mol. The topological polar surface area (TPSA) is 116 Å². The van der Waals surface area contributed by atoms with Crippen LogP contribution >= 0.6 is 11.6 Å². The van der Waals surface area contributed by atoms with Crippen molar-refractivity contribution in [1.29, 1.82) is 0 Å². The molecule has 242 valence electrons. The Labute approximate surface area is 266 Å². The van der Waals surface area contributed by atoms with Crippen LogP contribution in [0.1, 0.15) is 36.4 Å². The van der Waals surface area contributed by atoms with Crippen molar-refractivity contribution >= 4 is 34.2 Å². The third kappa shape index (κ3) is 6.23. The van der Waals surface area contributed by atoms with Gasteiger partial charge in [0.2, 0.25) is 0 Å². The number of alkyl halides is 3. The highest BCUT2D eigenvalue weighted by Crippen LogP contribution is 2.44. The molecule has 2 atom stereocenters. The Morgan fingerprint density at radius 1 is 1.04 bits per heavy atom. The van der Waals surface area contributed by atoms with Crippen LogP contribution in [0.4, 0.5) is 18.9 Å². The molecule has 0 aliphatic carbocycles. The lowest BCUT2D eigenvalue weighted by molar-refractivity contribution is -0.158. The zero-order valence-corrected chi connectivity index (χ0v) is 25.5. The molecule has 46 heavy (non-hydrogen) atoms. The first kappa shape index (κ1) is 31.7. The number of esters is 1. The van der Waals surface area contributed by atoms with E-state index in [1.54, 1.807) is 29.2 Å². The van der Waals surface area contributed by atoms with Crippen molar-refractivity contribution < 1.29 is 37.3 Å². The summed E-state index contributed by atoms with van der Waals surface area (Å²) in [6.07, 6.45) is -2.97. The number of carbonyl (C=O) groups is 1. The first-order valence-corrected chi connectivity index (χ1v) is 15.2. The molecule has 2 fully saturated rings. The lowest BCUT2D eigenvalue weighted by Gasteiger charge is -2.38. The number of hydrogen-bond acceptors (Lipinski definition) is 9. The molecule has 2 aromatic carbocycles. The lowest BCUT2D eigenvalue weighted by Crippen LogP contribution is -2.45. The minimum Gasteiger partial charge on any atom is -0.507 e. The molecular formula is C33H31ClF3N3O6. The van der Waals surface area contributed by atoms with E-state index in [1.807, 2.05) is 11.9 Å². The molecule has 6 rings (SSSR count). The van der Waals surface area contributed by atoms with Crippen molar-refractivity contribution in [2.45, 2.75) is 37.5 Å². The highest BCUT2D eigenvalue weighted by Gasteiger charge is 2.39. The van der Waals surface area contributed by atoms with Crippen LogP contribution in [-0.4, -0.2) is 65.4 Å². The van der Waals surface area contributed by atoms with E-state index >= 15 is 0 Å². The van der Waals surface area contributed by atoms with Gasteiger partial charge in [-0.1, -0.05) is 23.7 Å². The number of carbonyl (C=O) groups excluding carboxylic acids is 1. The molecule has 0 spiro atoms. The molecule has 2 aliphatic rings. The second-order valence-electron chi connectivity index (χ2n) is 11.8. The Balaban J connectivity index is 1.27. The third-order valence-corrected chi connectivity index (χ3v) is 9.09.